The summed E-state index contributed by atoms with van der Waals surface area (Å²) in [4.78, 5) is 28.1. The molecule has 1 aliphatic heterocycles. The van der Waals surface area contributed by atoms with Gasteiger partial charge in [-0.25, -0.2) is 8.78 Å². The zero-order valence-electron chi connectivity index (χ0n) is 15.9. The average Bonchev–Trinajstić information content (AvgIpc) is 3.51. The summed E-state index contributed by atoms with van der Waals surface area (Å²) in [7, 11) is 0. The van der Waals surface area contributed by atoms with E-state index in [9.17, 15) is 18.4 Å². The van der Waals surface area contributed by atoms with Gasteiger partial charge in [0.1, 0.15) is 12.6 Å². The smallest absolute Gasteiger partial charge is 0.265 e. The molecule has 1 aliphatic carbocycles. The highest BCUT2D eigenvalue weighted by Gasteiger charge is 2.36. The fourth-order valence-electron chi connectivity index (χ4n) is 3.55. The molecule has 7 nitrogen and oxygen atoms in total. The second-order valence-corrected chi connectivity index (χ2v) is 6.97. The number of likely N-dealkylation sites (N-methyl/N-ethyl adjacent to an activating group) is 1. The minimum atomic E-state index is -2.80. The van der Waals surface area contributed by atoms with Crippen molar-refractivity contribution in [3.05, 3.63) is 23.8 Å². The standard InChI is InChI=1S/C19H26F2N4O3/c1-2-24(12-3-4-12)16(10-22)19(27)23-15-6-5-13(9-14(15)18(20)21)25-7-8-28-11-17(25)26/h5-6,9,12,16,18H,2-4,7-8,10-11,22H2,1H3,(H,23,27)/t16-/m1/s1. The van der Waals surface area contributed by atoms with Crippen LogP contribution in [0.3, 0.4) is 0 Å². The summed E-state index contributed by atoms with van der Waals surface area (Å²) in [5.41, 5.74) is 5.88. The van der Waals surface area contributed by atoms with Crippen LogP contribution in [0.5, 0.6) is 0 Å². The topological polar surface area (TPSA) is 87.9 Å². The monoisotopic (exact) mass is 396 g/mol. The highest BCUT2D eigenvalue weighted by atomic mass is 19.3. The molecule has 9 heteroatoms. The van der Waals surface area contributed by atoms with Gasteiger partial charge in [0.05, 0.1) is 6.61 Å². The summed E-state index contributed by atoms with van der Waals surface area (Å²) in [6.07, 6.45) is -0.766. The van der Waals surface area contributed by atoms with Crippen molar-refractivity contribution in [3.63, 3.8) is 0 Å². The van der Waals surface area contributed by atoms with Crippen LogP contribution < -0.4 is 16.0 Å². The summed E-state index contributed by atoms with van der Waals surface area (Å²) >= 11 is 0. The number of carbonyl (C=O) groups is 2. The summed E-state index contributed by atoms with van der Waals surface area (Å²) in [5, 5.41) is 2.61. The maximum absolute atomic E-state index is 13.7. The van der Waals surface area contributed by atoms with Gasteiger partial charge in [-0.3, -0.25) is 14.5 Å². The van der Waals surface area contributed by atoms with Gasteiger partial charge >= 0.3 is 0 Å². The van der Waals surface area contributed by atoms with Crippen molar-refractivity contribution in [1.29, 1.82) is 0 Å². The van der Waals surface area contributed by atoms with Crippen molar-refractivity contribution in [2.45, 2.75) is 38.3 Å². The van der Waals surface area contributed by atoms with E-state index in [0.29, 0.717) is 31.4 Å². The maximum atomic E-state index is 13.7. The number of anilines is 2. The van der Waals surface area contributed by atoms with Crippen molar-refractivity contribution >= 4 is 23.2 Å². The van der Waals surface area contributed by atoms with Crippen molar-refractivity contribution in [1.82, 2.24) is 4.90 Å². The SMILES string of the molecule is CCN(C1CC1)[C@H](CN)C(=O)Nc1ccc(N2CCOCC2=O)cc1C(F)F. The first kappa shape index (κ1) is 20.6. The molecule has 1 heterocycles. The van der Waals surface area contributed by atoms with Gasteiger partial charge in [-0.1, -0.05) is 6.92 Å². The number of amides is 2. The average molecular weight is 396 g/mol. The number of benzene rings is 1. The summed E-state index contributed by atoms with van der Waals surface area (Å²) in [6.45, 7) is 3.30. The molecular weight excluding hydrogens is 370 g/mol. The van der Waals surface area contributed by atoms with Gasteiger partial charge in [-0.2, -0.15) is 0 Å². The Labute approximate surface area is 162 Å². The van der Waals surface area contributed by atoms with Crippen LogP contribution in [0.15, 0.2) is 18.2 Å². The number of hydrogen-bond acceptors (Lipinski definition) is 5. The Morgan fingerprint density at radius 3 is 2.75 bits per heavy atom. The number of alkyl halides is 2. The minimum Gasteiger partial charge on any atom is -0.370 e. The number of morpholine rings is 1. The number of nitrogens with one attached hydrogen (secondary N) is 1. The van der Waals surface area contributed by atoms with Crippen molar-refractivity contribution < 1.29 is 23.1 Å². The fraction of sp³-hybridized carbons (Fsp3) is 0.579. The Kier molecular flexibility index (Phi) is 6.58. The molecule has 154 valence electrons. The number of rotatable bonds is 8. The van der Waals surface area contributed by atoms with E-state index in [0.717, 1.165) is 12.8 Å². The molecule has 1 saturated heterocycles. The van der Waals surface area contributed by atoms with Gasteiger partial charge < -0.3 is 20.7 Å². The largest absolute Gasteiger partial charge is 0.370 e. The summed E-state index contributed by atoms with van der Waals surface area (Å²) in [6, 6.07) is 3.98. The van der Waals surface area contributed by atoms with Gasteiger partial charge in [-0.15, -0.1) is 0 Å². The molecule has 2 aliphatic rings. The quantitative estimate of drug-likeness (QED) is 0.699. The molecule has 0 unspecified atom stereocenters. The predicted octanol–water partition coefficient (Wildman–Crippen LogP) is 1.74. The van der Waals surface area contributed by atoms with E-state index in [1.54, 1.807) is 6.07 Å². The molecule has 0 spiro atoms. The lowest BCUT2D eigenvalue weighted by Gasteiger charge is -2.29. The van der Waals surface area contributed by atoms with E-state index in [1.165, 1.54) is 17.0 Å². The van der Waals surface area contributed by atoms with Crippen LogP contribution in [0.4, 0.5) is 20.2 Å². The first-order valence-electron chi connectivity index (χ1n) is 9.53. The van der Waals surface area contributed by atoms with Crippen molar-refractivity contribution in [2.75, 3.05) is 43.1 Å². The highest BCUT2D eigenvalue weighted by Crippen LogP contribution is 2.33. The zero-order valence-corrected chi connectivity index (χ0v) is 15.9. The van der Waals surface area contributed by atoms with E-state index in [1.807, 2.05) is 11.8 Å². The number of nitrogens with zero attached hydrogens (tertiary/aromatic N) is 2. The van der Waals surface area contributed by atoms with Gasteiger partial charge in [0.2, 0.25) is 5.91 Å². The van der Waals surface area contributed by atoms with Crippen LogP contribution in [-0.4, -0.2) is 61.6 Å². The van der Waals surface area contributed by atoms with Crippen LogP contribution in [0, 0.1) is 0 Å². The number of ether oxygens (including phenoxy) is 1. The zero-order chi connectivity index (χ0) is 20.3. The van der Waals surface area contributed by atoms with E-state index < -0.39 is 18.4 Å². The lowest BCUT2D eigenvalue weighted by molar-refractivity contribution is -0.125. The lowest BCUT2D eigenvalue weighted by Crippen LogP contribution is -2.49. The third-order valence-electron chi connectivity index (χ3n) is 5.13. The molecule has 0 aromatic heterocycles. The first-order valence-corrected chi connectivity index (χ1v) is 9.53. The molecule has 1 aromatic carbocycles. The van der Waals surface area contributed by atoms with Gasteiger partial charge in [0.15, 0.2) is 0 Å². The number of nitrogens with two attached hydrogens (primary N) is 1. The number of halogens is 2. The molecular formula is C19H26F2N4O3. The first-order chi connectivity index (χ1) is 13.5. The third-order valence-corrected chi connectivity index (χ3v) is 5.13. The van der Waals surface area contributed by atoms with Gasteiger partial charge in [0, 0.05) is 36.1 Å². The van der Waals surface area contributed by atoms with Crippen LogP contribution in [0.25, 0.3) is 0 Å². The number of hydrogen-bond donors (Lipinski definition) is 2. The maximum Gasteiger partial charge on any atom is 0.265 e. The van der Waals surface area contributed by atoms with Gasteiger partial charge in [0.25, 0.3) is 12.3 Å². The van der Waals surface area contributed by atoms with E-state index in [2.05, 4.69) is 5.32 Å². The number of carbonyl (C=O) groups excluding carboxylic acids is 2. The Bertz CT molecular complexity index is 727. The second-order valence-electron chi connectivity index (χ2n) is 6.97. The summed E-state index contributed by atoms with van der Waals surface area (Å²) in [5.74, 6) is -0.678. The third kappa shape index (κ3) is 4.48. The Morgan fingerprint density at radius 1 is 1.43 bits per heavy atom. The van der Waals surface area contributed by atoms with Crippen LogP contribution in [0.1, 0.15) is 31.8 Å². The normalized spacial score (nSPS) is 18.6. The molecule has 2 fully saturated rings. The molecule has 1 atom stereocenters. The molecule has 1 aromatic rings. The Balaban J connectivity index is 1.80. The van der Waals surface area contributed by atoms with Crippen molar-refractivity contribution in [3.8, 4) is 0 Å². The molecule has 28 heavy (non-hydrogen) atoms. The Morgan fingerprint density at radius 2 is 2.18 bits per heavy atom. The Hall–Kier alpha value is -2.10. The minimum absolute atomic E-state index is 0.0368. The van der Waals surface area contributed by atoms with Crippen molar-refractivity contribution in [2.24, 2.45) is 5.73 Å². The summed E-state index contributed by atoms with van der Waals surface area (Å²) < 4.78 is 32.4. The van der Waals surface area contributed by atoms with Crippen LogP contribution >= 0.6 is 0 Å². The van der Waals surface area contributed by atoms with E-state index in [-0.39, 0.29) is 30.3 Å². The molecule has 1 saturated carbocycles. The van der Waals surface area contributed by atoms with Gasteiger partial charge in [-0.05, 0) is 37.6 Å². The van der Waals surface area contributed by atoms with E-state index in [4.69, 9.17) is 10.5 Å². The predicted molar refractivity (Wildman–Crippen MR) is 101 cm³/mol. The lowest BCUT2D eigenvalue weighted by atomic mass is 10.1. The molecule has 3 N–H and O–H groups in total. The molecule has 0 radical (unpaired) electrons. The van der Waals surface area contributed by atoms with E-state index >= 15 is 0 Å². The molecule has 0 bridgehead atoms. The second kappa shape index (κ2) is 8.93. The fourth-order valence-corrected chi connectivity index (χ4v) is 3.55. The van der Waals surface area contributed by atoms with Crippen LogP contribution in [-0.2, 0) is 14.3 Å². The molecule has 2 amide bonds. The highest BCUT2D eigenvalue weighted by molar-refractivity contribution is 5.97. The van der Waals surface area contributed by atoms with Crippen LogP contribution in [0.2, 0.25) is 0 Å². The molecule has 3 rings (SSSR count).